The molecule has 0 atom stereocenters. The van der Waals surface area contributed by atoms with Crippen LogP contribution in [0.5, 0.6) is 17.2 Å². The lowest BCUT2D eigenvalue weighted by atomic mass is 10.1. The number of carbonyl (C=O) groups is 1. The number of nitrogens with zero attached hydrogens (tertiary/aromatic N) is 4. The second kappa shape index (κ2) is 12.5. The van der Waals surface area contributed by atoms with Crippen LogP contribution >= 0.6 is 23.4 Å². The summed E-state index contributed by atoms with van der Waals surface area (Å²) in [6, 6.07) is 18.8. The first-order valence-electron chi connectivity index (χ1n) is 11.5. The summed E-state index contributed by atoms with van der Waals surface area (Å²) >= 11 is 7.35. The van der Waals surface area contributed by atoms with Crippen molar-refractivity contribution in [2.45, 2.75) is 12.1 Å². The molecular formula is C27H26ClN5O4S. The molecule has 38 heavy (non-hydrogen) atoms. The highest BCUT2D eigenvalue weighted by Gasteiger charge is 2.17. The number of halogens is 1. The Morgan fingerprint density at radius 3 is 2.29 bits per heavy atom. The second-order valence-corrected chi connectivity index (χ2v) is 9.39. The number of ether oxygens (including phenoxy) is 3. The number of aryl methyl sites for hydroxylation is 1. The molecule has 0 unspecified atom stereocenters. The summed E-state index contributed by atoms with van der Waals surface area (Å²) in [6.45, 7) is 2.03. The number of carbonyl (C=O) groups excluding carboxylic acids is 1. The quantitative estimate of drug-likeness (QED) is 0.165. The van der Waals surface area contributed by atoms with Gasteiger partial charge < -0.3 is 14.2 Å². The van der Waals surface area contributed by atoms with Crippen molar-refractivity contribution >= 4 is 35.5 Å². The van der Waals surface area contributed by atoms with E-state index in [1.807, 2.05) is 47.9 Å². The second-order valence-electron chi connectivity index (χ2n) is 8.02. The number of hydrogen-bond donors (Lipinski definition) is 1. The molecule has 0 radical (unpaired) electrons. The van der Waals surface area contributed by atoms with E-state index in [-0.39, 0.29) is 11.7 Å². The molecule has 0 saturated carbocycles. The van der Waals surface area contributed by atoms with E-state index in [0.29, 0.717) is 38.8 Å². The zero-order valence-corrected chi connectivity index (χ0v) is 22.8. The Bertz CT molecular complexity index is 1440. The van der Waals surface area contributed by atoms with E-state index in [1.165, 1.54) is 32.2 Å². The topological polar surface area (TPSA) is 99.9 Å². The zero-order valence-electron chi connectivity index (χ0n) is 21.3. The molecule has 0 bridgehead atoms. The van der Waals surface area contributed by atoms with Crippen molar-refractivity contribution in [1.82, 2.24) is 20.2 Å². The van der Waals surface area contributed by atoms with Crippen molar-refractivity contribution in [3.05, 3.63) is 76.8 Å². The summed E-state index contributed by atoms with van der Waals surface area (Å²) in [5.41, 5.74) is 6.03. The van der Waals surface area contributed by atoms with Gasteiger partial charge in [0.05, 0.1) is 33.3 Å². The van der Waals surface area contributed by atoms with Crippen molar-refractivity contribution in [3.63, 3.8) is 0 Å². The summed E-state index contributed by atoms with van der Waals surface area (Å²) in [5, 5.41) is 14.0. The van der Waals surface area contributed by atoms with Gasteiger partial charge in [0.25, 0.3) is 5.91 Å². The number of amides is 1. The number of aromatic nitrogens is 3. The summed E-state index contributed by atoms with van der Waals surface area (Å²) in [6.07, 6.45) is 1.48. The van der Waals surface area contributed by atoms with Gasteiger partial charge in [-0.05, 0) is 37.3 Å². The third kappa shape index (κ3) is 6.27. The zero-order chi connectivity index (χ0) is 27.1. The normalized spacial score (nSPS) is 11.0. The molecule has 1 aromatic heterocycles. The molecule has 0 aliphatic heterocycles. The van der Waals surface area contributed by atoms with E-state index in [4.69, 9.17) is 25.8 Å². The van der Waals surface area contributed by atoms with Gasteiger partial charge in [0.2, 0.25) is 0 Å². The molecule has 11 heteroatoms. The number of methoxy groups -OCH3 is 3. The fraction of sp³-hybridized carbons (Fsp3) is 0.185. The van der Waals surface area contributed by atoms with E-state index in [0.717, 1.165) is 16.8 Å². The van der Waals surface area contributed by atoms with Gasteiger partial charge in [0.15, 0.2) is 22.5 Å². The van der Waals surface area contributed by atoms with Gasteiger partial charge in [-0.1, -0.05) is 53.2 Å². The SMILES string of the molecule is COc1cc(OC)c(OC)cc1/C=N/NC(=O)CSc1nnc(-c2ccc(C)cc2)n1-c1ccc(Cl)cc1. The first kappa shape index (κ1) is 27.0. The van der Waals surface area contributed by atoms with Crippen LogP contribution in [0.25, 0.3) is 17.1 Å². The highest BCUT2D eigenvalue weighted by Crippen LogP contribution is 2.34. The molecule has 0 spiro atoms. The molecule has 4 aromatic rings. The third-order valence-corrected chi connectivity index (χ3v) is 6.67. The largest absolute Gasteiger partial charge is 0.496 e. The van der Waals surface area contributed by atoms with Gasteiger partial charge >= 0.3 is 0 Å². The minimum absolute atomic E-state index is 0.0695. The summed E-state index contributed by atoms with van der Waals surface area (Å²) in [7, 11) is 4.62. The molecule has 0 saturated heterocycles. The van der Waals surface area contributed by atoms with Crippen molar-refractivity contribution in [2.24, 2.45) is 5.10 Å². The van der Waals surface area contributed by atoms with Crippen LogP contribution in [0.4, 0.5) is 0 Å². The number of rotatable bonds is 10. The first-order chi connectivity index (χ1) is 18.4. The summed E-state index contributed by atoms with van der Waals surface area (Å²) < 4.78 is 17.9. The standard InChI is InChI=1S/C27H26ClN5O4S/c1-17-5-7-18(8-6-17)26-31-32-27(33(26)21-11-9-20(28)10-12-21)38-16-25(34)30-29-15-19-13-23(36-3)24(37-4)14-22(19)35-2/h5-15H,16H2,1-4H3,(H,30,34)/b29-15+. The van der Waals surface area contributed by atoms with E-state index >= 15 is 0 Å². The maximum Gasteiger partial charge on any atom is 0.250 e. The molecular weight excluding hydrogens is 526 g/mol. The van der Waals surface area contributed by atoms with Crippen LogP contribution in [0.2, 0.25) is 5.02 Å². The molecule has 4 rings (SSSR count). The molecule has 0 aliphatic rings. The van der Waals surface area contributed by atoms with Gasteiger partial charge in [0.1, 0.15) is 5.75 Å². The van der Waals surface area contributed by atoms with Gasteiger partial charge in [-0.25, -0.2) is 5.43 Å². The Morgan fingerprint density at radius 1 is 0.974 bits per heavy atom. The van der Waals surface area contributed by atoms with Gasteiger partial charge in [0, 0.05) is 27.9 Å². The fourth-order valence-electron chi connectivity index (χ4n) is 3.57. The Labute approximate surface area is 229 Å². The van der Waals surface area contributed by atoms with Gasteiger partial charge in [-0.15, -0.1) is 10.2 Å². The number of thioether (sulfide) groups is 1. The minimum atomic E-state index is -0.312. The van der Waals surface area contributed by atoms with Crippen LogP contribution in [0.1, 0.15) is 11.1 Å². The predicted octanol–water partition coefficient (Wildman–Crippen LogP) is 5.16. The van der Waals surface area contributed by atoms with E-state index in [1.54, 1.807) is 31.4 Å². The highest BCUT2D eigenvalue weighted by molar-refractivity contribution is 7.99. The van der Waals surface area contributed by atoms with Crippen LogP contribution < -0.4 is 19.6 Å². The molecule has 1 amide bonds. The minimum Gasteiger partial charge on any atom is -0.496 e. The Kier molecular flexibility index (Phi) is 8.88. The molecule has 0 fully saturated rings. The lowest BCUT2D eigenvalue weighted by molar-refractivity contribution is -0.118. The van der Waals surface area contributed by atoms with Crippen LogP contribution in [0, 0.1) is 6.92 Å². The molecule has 3 aromatic carbocycles. The maximum atomic E-state index is 12.6. The Morgan fingerprint density at radius 2 is 1.63 bits per heavy atom. The van der Waals surface area contributed by atoms with Crippen molar-refractivity contribution in [2.75, 3.05) is 27.1 Å². The smallest absolute Gasteiger partial charge is 0.250 e. The van der Waals surface area contributed by atoms with Gasteiger partial charge in [-0.2, -0.15) is 5.10 Å². The number of hydrogen-bond acceptors (Lipinski definition) is 8. The van der Waals surface area contributed by atoms with Crippen molar-refractivity contribution in [1.29, 1.82) is 0 Å². The van der Waals surface area contributed by atoms with Crippen molar-refractivity contribution in [3.8, 4) is 34.3 Å². The van der Waals surface area contributed by atoms with E-state index in [9.17, 15) is 4.79 Å². The average molecular weight is 552 g/mol. The first-order valence-corrected chi connectivity index (χ1v) is 12.8. The monoisotopic (exact) mass is 551 g/mol. The molecule has 1 heterocycles. The Hall–Kier alpha value is -4.02. The number of nitrogens with one attached hydrogen (secondary N) is 1. The van der Waals surface area contributed by atoms with Crippen molar-refractivity contribution < 1.29 is 19.0 Å². The molecule has 196 valence electrons. The lowest BCUT2D eigenvalue weighted by Crippen LogP contribution is -2.20. The van der Waals surface area contributed by atoms with Crippen LogP contribution in [0.3, 0.4) is 0 Å². The lowest BCUT2D eigenvalue weighted by Gasteiger charge is -2.11. The highest BCUT2D eigenvalue weighted by atomic mass is 35.5. The number of hydrazone groups is 1. The predicted molar refractivity (Wildman–Crippen MR) is 149 cm³/mol. The van der Waals surface area contributed by atoms with Crippen LogP contribution in [0.15, 0.2) is 70.9 Å². The summed E-state index contributed by atoms with van der Waals surface area (Å²) in [4.78, 5) is 12.6. The Balaban J connectivity index is 1.50. The fourth-order valence-corrected chi connectivity index (χ4v) is 4.44. The maximum absolute atomic E-state index is 12.6. The molecule has 0 aliphatic carbocycles. The average Bonchev–Trinajstić information content (AvgIpc) is 3.36. The molecule has 9 nitrogen and oxygen atoms in total. The van der Waals surface area contributed by atoms with E-state index in [2.05, 4.69) is 20.7 Å². The third-order valence-electron chi connectivity index (χ3n) is 5.49. The molecule has 1 N–H and O–H groups in total. The van der Waals surface area contributed by atoms with Crippen LogP contribution in [-0.2, 0) is 4.79 Å². The number of benzene rings is 3. The van der Waals surface area contributed by atoms with Crippen LogP contribution in [-0.4, -0.2) is 54.0 Å². The van der Waals surface area contributed by atoms with E-state index < -0.39 is 0 Å². The summed E-state index contributed by atoms with van der Waals surface area (Å²) in [5.74, 6) is 1.98. The van der Waals surface area contributed by atoms with Gasteiger partial charge in [-0.3, -0.25) is 9.36 Å².